The highest BCUT2D eigenvalue weighted by atomic mass is 35.5. The van der Waals surface area contributed by atoms with Gasteiger partial charge in [-0.2, -0.15) is 5.26 Å². The Morgan fingerprint density at radius 2 is 1.64 bits per heavy atom. The average Bonchev–Trinajstić information content (AvgIpc) is 2.68. The van der Waals surface area contributed by atoms with Crippen LogP contribution in [0, 0.1) is 11.3 Å². The van der Waals surface area contributed by atoms with Crippen molar-refractivity contribution in [3.63, 3.8) is 0 Å². The largest absolute Gasteiger partial charge is 0.451 e. The Morgan fingerprint density at radius 3 is 2.21 bits per heavy atom. The van der Waals surface area contributed by atoms with E-state index in [1.165, 1.54) is 26.0 Å². The molecule has 2 aromatic rings. The Hall–Kier alpha value is -3.37. The molecule has 0 saturated heterocycles. The number of hydrogen-bond donors (Lipinski definition) is 2. The molecule has 2 aromatic carbocycles. The number of carbonyl (C=O) groups excluding carboxylic acids is 3. The molecule has 2 amide bonds. The van der Waals surface area contributed by atoms with Gasteiger partial charge in [-0.3, -0.25) is 9.59 Å². The highest BCUT2D eigenvalue weighted by Crippen LogP contribution is 2.11. The minimum Gasteiger partial charge on any atom is -0.451 e. The van der Waals surface area contributed by atoms with E-state index in [1.54, 1.807) is 36.4 Å². The predicted molar refractivity (Wildman–Crippen MR) is 104 cm³/mol. The lowest BCUT2D eigenvalue weighted by molar-refractivity contribution is -0.154. The smallest absolute Gasteiger partial charge is 0.329 e. The van der Waals surface area contributed by atoms with E-state index in [4.69, 9.17) is 21.6 Å². The number of benzene rings is 2. The number of rotatable bonds is 6. The molecule has 0 unspecified atom stereocenters. The highest BCUT2D eigenvalue weighted by molar-refractivity contribution is 6.30. The van der Waals surface area contributed by atoms with Gasteiger partial charge in [-0.05, 0) is 62.4 Å². The van der Waals surface area contributed by atoms with Gasteiger partial charge in [-0.1, -0.05) is 11.6 Å². The Balaban J connectivity index is 1.87. The summed E-state index contributed by atoms with van der Waals surface area (Å²) < 4.78 is 5.11. The topological polar surface area (TPSA) is 108 Å². The second-order valence-electron chi connectivity index (χ2n) is 5.96. The first-order valence-corrected chi connectivity index (χ1v) is 8.76. The van der Waals surface area contributed by atoms with Crippen molar-refractivity contribution in [2.24, 2.45) is 0 Å². The first-order valence-electron chi connectivity index (χ1n) is 8.38. The van der Waals surface area contributed by atoms with Gasteiger partial charge in [0.15, 0.2) is 6.10 Å². The maximum absolute atomic E-state index is 12.1. The second-order valence-corrected chi connectivity index (χ2v) is 6.40. The van der Waals surface area contributed by atoms with Crippen LogP contribution in [-0.4, -0.2) is 29.9 Å². The molecule has 0 aromatic heterocycles. The number of halogens is 1. The van der Waals surface area contributed by atoms with Crippen molar-refractivity contribution >= 4 is 35.1 Å². The van der Waals surface area contributed by atoms with Crippen molar-refractivity contribution in [1.29, 1.82) is 5.26 Å². The van der Waals surface area contributed by atoms with Crippen molar-refractivity contribution in [3.05, 3.63) is 64.7 Å². The predicted octanol–water partition coefficient (Wildman–Crippen LogP) is 2.90. The van der Waals surface area contributed by atoms with Crippen LogP contribution in [0.5, 0.6) is 0 Å². The minimum atomic E-state index is -1.07. The van der Waals surface area contributed by atoms with Gasteiger partial charge in [0.25, 0.3) is 11.8 Å². The molecule has 2 N–H and O–H groups in total. The third kappa shape index (κ3) is 5.83. The number of nitriles is 1. The number of amides is 2. The highest BCUT2D eigenvalue weighted by Gasteiger charge is 2.23. The van der Waals surface area contributed by atoms with Crippen molar-refractivity contribution in [1.82, 2.24) is 5.32 Å². The van der Waals surface area contributed by atoms with Gasteiger partial charge in [-0.15, -0.1) is 0 Å². The number of carbonyl (C=O) groups is 3. The van der Waals surface area contributed by atoms with E-state index in [0.717, 1.165) is 0 Å². The number of hydrogen-bond acceptors (Lipinski definition) is 5. The molecule has 0 bridgehead atoms. The van der Waals surface area contributed by atoms with Crippen LogP contribution in [0.2, 0.25) is 5.02 Å². The SMILES string of the molecule is C[C@H](NC(=O)c1ccc(Cl)cc1)C(=O)O[C@@H](C)C(=O)Nc1ccc(C#N)cc1. The molecule has 0 aliphatic carbocycles. The second kappa shape index (κ2) is 9.53. The van der Waals surface area contributed by atoms with Gasteiger partial charge >= 0.3 is 5.97 Å². The molecule has 0 saturated carbocycles. The van der Waals surface area contributed by atoms with Crippen LogP contribution >= 0.6 is 11.6 Å². The van der Waals surface area contributed by atoms with Gasteiger partial charge in [-0.25, -0.2) is 4.79 Å². The Kier molecular flexibility index (Phi) is 7.13. The lowest BCUT2D eigenvalue weighted by atomic mass is 10.2. The summed E-state index contributed by atoms with van der Waals surface area (Å²) in [6.07, 6.45) is -1.07. The van der Waals surface area contributed by atoms with Crippen molar-refractivity contribution in [3.8, 4) is 6.07 Å². The zero-order chi connectivity index (χ0) is 20.7. The molecule has 8 heteroatoms. The molecule has 7 nitrogen and oxygen atoms in total. The first kappa shape index (κ1) is 20.9. The van der Waals surface area contributed by atoms with E-state index in [9.17, 15) is 14.4 Å². The van der Waals surface area contributed by atoms with Crippen LogP contribution in [0.3, 0.4) is 0 Å². The van der Waals surface area contributed by atoms with Gasteiger partial charge in [0.1, 0.15) is 6.04 Å². The van der Waals surface area contributed by atoms with Crippen LogP contribution in [-0.2, 0) is 14.3 Å². The Morgan fingerprint density at radius 1 is 1.04 bits per heavy atom. The fourth-order valence-electron chi connectivity index (χ4n) is 2.14. The maximum atomic E-state index is 12.1. The fraction of sp³-hybridized carbons (Fsp3) is 0.200. The van der Waals surface area contributed by atoms with E-state index in [2.05, 4.69) is 10.6 Å². The minimum absolute atomic E-state index is 0.343. The molecule has 0 aliphatic rings. The van der Waals surface area contributed by atoms with Crippen LogP contribution in [0.15, 0.2) is 48.5 Å². The molecule has 144 valence electrons. The third-order valence-corrected chi connectivity index (χ3v) is 4.00. The summed E-state index contributed by atoms with van der Waals surface area (Å²) in [6, 6.07) is 13.5. The molecule has 2 rings (SSSR count). The molecule has 28 heavy (non-hydrogen) atoms. The Labute approximate surface area is 167 Å². The normalized spacial score (nSPS) is 12.2. The van der Waals surface area contributed by atoms with Crippen LogP contribution in [0.4, 0.5) is 5.69 Å². The van der Waals surface area contributed by atoms with Crippen LogP contribution < -0.4 is 10.6 Å². The van der Waals surface area contributed by atoms with Gasteiger partial charge < -0.3 is 15.4 Å². The summed E-state index contributed by atoms with van der Waals surface area (Å²) in [4.78, 5) is 36.4. The maximum Gasteiger partial charge on any atom is 0.329 e. The van der Waals surface area contributed by atoms with Gasteiger partial charge in [0.2, 0.25) is 0 Å². The van der Waals surface area contributed by atoms with E-state index >= 15 is 0 Å². The quantitative estimate of drug-likeness (QED) is 0.726. The lowest BCUT2D eigenvalue weighted by Gasteiger charge is -2.17. The fourth-order valence-corrected chi connectivity index (χ4v) is 2.27. The summed E-state index contributed by atoms with van der Waals surface area (Å²) in [5, 5.41) is 14.3. The summed E-state index contributed by atoms with van der Waals surface area (Å²) in [7, 11) is 0. The van der Waals surface area contributed by atoms with E-state index in [0.29, 0.717) is 21.8 Å². The van der Waals surface area contributed by atoms with Crippen molar-refractivity contribution in [2.45, 2.75) is 26.0 Å². The third-order valence-electron chi connectivity index (χ3n) is 3.75. The number of esters is 1. The molecule has 0 radical (unpaired) electrons. The van der Waals surface area contributed by atoms with Crippen molar-refractivity contribution < 1.29 is 19.1 Å². The summed E-state index contributed by atoms with van der Waals surface area (Å²) in [6.45, 7) is 2.88. The zero-order valence-corrected chi connectivity index (χ0v) is 16.0. The lowest BCUT2D eigenvalue weighted by Crippen LogP contribution is -2.42. The number of anilines is 1. The molecule has 2 atom stereocenters. The van der Waals surface area contributed by atoms with E-state index in [1.807, 2.05) is 6.07 Å². The monoisotopic (exact) mass is 399 g/mol. The number of nitrogens with one attached hydrogen (secondary N) is 2. The average molecular weight is 400 g/mol. The first-order chi connectivity index (χ1) is 13.3. The van der Waals surface area contributed by atoms with E-state index < -0.39 is 29.9 Å². The molecule has 0 spiro atoms. The number of nitrogens with zero attached hydrogens (tertiary/aromatic N) is 1. The Bertz CT molecular complexity index is 905. The van der Waals surface area contributed by atoms with Gasteiger partial charge in [0, 0.05) is 16.3 Å². The molecule has 0 heterocycles. The molecular formula is C20H18ClN3O4. The molecule has 0 fully saturated rings. The number of ether oxygens (including phenoxy) is 1. The standard InChI is InChI=1S/C20H18ClN3O4/c1-12(23-19(26)15-5-7-16(21)8-6-15)20(27)28-13(2)18(25)24-17-9-3-14(11-22)4-10-17/h3-10,12-13H,1-2H3,(H,23,26)(H,24,25)/t12-,13-/m0/s1. The van der Waals surface area contributed by atoms with Crippen LogP contribution in [0.1, 0.15) is 29.8 Å². The van der Waals surface area contributed by atoms with E-state index in [-0.39, 0.29) is 0 Å². The van der Waals surface area contributed by atoms with Crippen molar-refractivity contribution in [2.75, 3.05) is 5.32 Å². The molecular weight excluding hydrogens is 382 g/mol. The van der Waals surface area contributed by atoms with Gasteiger partial charge in [0.05, 0.1) is 11.6 Å². The zero-order valence-electron chi connectivity index (χ0n) is 15.2. The summed E-state index contributed by atoms with van der Waals surface area (Å²) >= 11 is 5.77. The summed E-state index contributed by atoms with van der Waals surface area (Å²) in [5.41, 5.74) is 1.27. The van der Waals surface area contributed by atoms with Crippen LogP contribution in [0.25, 0.3) is 0 Å². The molecule has 0 aliphatic heterocycles. The summed E-state index contributed by atoms with van der Waals surface area (Å²) in [5.74, 6) is -1.74.